The number of carbonyl (C=O) groups is 2. The van der Waals surface area contributed by atoms with Gasteiger partial charge in [-0.25, -0.2) is 4.57 Å². The Hall–Kier alpha value is -1.81. The van der Waals surface area contributed by atoms with Gasteiger partial charge in [0.05, 0.1) is 19.8 Å². The summed E-state index contributed by atoms with van der Waals surface area (Å²) in [5.41, 5.74) is 5.34. The minimum atomic E-state index is -4.61. The fraction of sp³-hybridized carbons (Fsp3) is 0.795. The molecule has 0 spiro atoms. The minimum absolute atomic E-state index is 0.00655. The largest absolute Gasteiger partial charge is 0.480 e. The highest BCUT2D eigenvalue weighted by Crippen LogP contribution is 2.43. The summed E-state index contributed by atoms with van der Waals surface area (Å²) in [6.45, 7) is 3.78. The zero-order chi connectivity index (χ0) is 37.0. The summed E-state index contributed by atoms with van der Waals surface area (Å²) in [5, 5.41) is 8.86. The molecule has 0 saturated heterocycles. The average Bonchev–Trinajstić information content (AvgIpc) is 3.09. The van der Waals surface area contributed by atoms with E-state index in [2.05, 4.69) is 54.8 Å². The SMILES string of the molecule is CCCCC/C=C\C/C=C\CCCCCCCCOCC(COP(=O)(O)OCC(N)C(=O)O)OC(=O)CCCCCCC/C=C\CCCCC. The fourth-order valence-electron chi connectivity index (χ4n) is 5.04. The molecule has 50 heavy (non-hydrogen) atoms. The van der Waals surface area contributed by atoms with E-state index in [0.717, 1.165) is 70.6 Å². The summed E-state index contributed by atoms with van der Waals surface area (Å²) in [6, 6.07) is -1.47. The lowest BCUT2D eigenvalue weighted by Crippen LogP contribution is -2.34. The molecule has 10 nitrogen and oxygen atoms in total. The lowest BCUT2D eigenvalue weighted by molar-refractivity contribution is -0.154. The molecule has 0 radical (unpaired) electrons. The first-order valence-corrected chi connectivity index (χ1v) is 21.0. The number of phosphoric acid groups is 1. The van der Waals surface area contributed by atoms with Crippen LogP contribution in [0.25, 0.3) is 0 Å². The third-order valence-corrected chi connectivity index (χ3v) is 9.09. The Balaban J connectivity index is 4.32. The van der Waals surface area contributed by atoms with Crippen molar-refractivity contribution in [2.45, 2.75) is 174 Å². The van der Waals surface area contributed by atoms with Gasteiger partial charge in [-0.05, 0) is 70.6 Å². The minimum Gasteiger partial charge on any atom is -0.480 e. The van der Waals surface area contributed by atoms with Crippen LogP contribution in [0.4, 0.5) is 0 Å². The van der Waals surface area contributed by atoms with Gasteiger partial charge in [-0.1, -0.05) is 121 Å². The maximum Gasteiger partial charge on any atom is 0.472 e. The summed E-state index contributed by atoms with van der Waals surface area (Å²) >= 11 is 0. The van der Waals surface area contributed by atoms with E-state index >= 15 is 0 Å². The van der Waals surface area contributed by atoms with Crippen LogP contribution in [0.3, 0.4) is 0 Å². The molecular formula is C39H72NO9P. The van der Waals surface area contributed by atoms with Gasteiger partial charge in [0.15, 0.2) is 0 Å². The van der Waals surface area contributed by atoms with E-state index in [9.17, 15) is 19.0 Å². The molecule has 11 heteroatoms. The molecule has 0 aromatic heterocycles. The van der Waals surface area contributed by atoms with Gasteiger partial charge in [-0.2, -0.15) is 0 Å². The van der Waals surface area contributed by atoms with Gasteiger partial charge in [-0.3, -0.25) is 18.6 Å². The van der Waals surface area contributed by atoms with E-state index in [1.807, 2.05) is 0 Å². The second kappa shape index (κ2) is 35.6. The van der Waals surface area contributed by atoms with E-state index in [1.54, 1.807) is 0 Å². The first-order chi connectivity index (χ1) is 24.2. The summed E-state index contributed by atoms with van der Waals surface area (Å²) in [6.07, 6.45) is 37.6. The number of phosphoric ester groups is 1. The van der Waals surface area contributed by atoms with Gasteiger partial charge in [0.2, 0.25) is 0 Å². The van der Waals surface area contributed by atoms with Crippen LogP contribution >= 0.6 is 7.82 Å². The number of carboxylic acids is 1. The molecule has 3 atom stereocenters. The van der Waals surface area contributed by atoms with Crippen molar-refractivity contribution < 1.29 is 42.7 Å². The highest BCUT2D eigenvalue weighted by Gasteiger charge is 2.27. The van der Waals surface area contributed by atoms with Crippen molar-refractivity contribution in [2.24, 2.45) is 5.73 Å². The van der Waals surface area contributed by atoms with Crippen LogP contribution in [0, 0.1) is 0 Å². The number of allylic oxidation sites excluding steroid dienone is 6. The molecule has 0 aliphatic carbocycles. The molecule has 4 N–H and O–H groups in total. The number of hydrogen-bond acceptors (Lipinski definition) is 8. The van der Waals surface area contributed by atoms with Crippen LogP contribution < -0.4 is 5.73 Å². The van der Waals surface area contributed by atoms with Gasteiger partial charge in [0, 0.05) is 13.0 Å². The quantitative estimate of drug-likeness (QED) is 0.0243. The number of unbranched alkanes of at least 4 members (excludes halogenated alkanes) is 17. The van der Waals surface area contributed by atoms with Crippen molar-refractivity contribution in [2.75, 3.05) is 26.4 Å². The van der Waals surface area contributed by atoms with Crippen molar-refractivity contribution in [3.63, 3.8) is 0 Å². The van der Waals surface area contributed by atoms with E-state index in [4.69, 9.17) is 24.8 Å². The Labute approximate surface area is 304 Å². The molecule has 0 fully saturated rings. The smallest absolute Gasteiger partial charge is 0.472 e. The van der Waals surface area contributed by atoms with Gasteiger partial charge < -0.3 is 25.2 Å². The van der Waals surface area contributed by atoms with Gasteiger partial charge in [0.1, 0.15) is 12.1 Å². The number of esters is 1. The third-order valence-electron chi connectivity index (χ3n) is 8.14. The van der Waals surface area contributed by atoms with Crippen LogP contribution in [0.15, 0.2) is 36.5 Å². The zero-order valence-electron chi connectivity index (χ0n) is 31.5. The molecule has 0 rings (SSSR count). The highest BCUT2D eigenvalue weighted by molar-refractivity contribution is 7.47. The van der Waals surface area contributed by atoms with Crippen molar-refractivity contribution >= 4 is 19.8 Å². The number of rotatable bonds is 37. The molecule has 0 aromatic rings. The molecule has 0 heterocycles. The zero-order valence-corrected chi connectivity index (χ0v) is 32.4. The van der Waals surface area contributed by atoms with E-state index in [-0.39, 0.29) is 13.0 Å². The number of hydrogen-bond donors (Lipinski definition) is 3. The maximum absolute atomic E-state index is 12.5. The van der Waals surface area contributed by atoms with E-state index in [0.29, 0.717) is 13.0 Å². The molecule has 0 amide bonds. The van der Waals surface area contributed by atoms with Crippen molar-refractivity contribution in [3.05, 3.63) is 36.5 Å². The van der Waals surface area contributed by atoms with E-state index in [1.165, 1.54) is 64.2 Å². The lowest BCUT2D eigenvalue weighted by Gasteiger charge is -2.20. The third kappa shape index (κ3) is 34.6. The Morgan fingerprint density at radius 1 is 0.640 bits per heavy atom. The topological polar surface area (TPSA) is 155 Å². The second-order valence-electron chi connectivity index (χ2n) is 13.0. The number of carbonyl (C=O) groups excluding carboxylic acids is 1. The molecule has 292 valence electrons. The Bertz CT molecular complexity index is 941. The van der Waals surface area contributed by atoms with Gasteiger partial charge in [-0.15, -0.1) is 0 Å². The van der Waals surface area contributed by atoms with Gasteiger partial charge >= 0.3 is 19.8 Å². The molecule has 0 aliphatic rings. The predicted molar refractivity (Wildman–Crippen MR) is 203 cm³/mol. The van der Waals surface area contributed by atoms with E-state index < -0.39 is 45.1 Å². The number of ether oxygens (including phenoxy) is 2. The Morgan fingerprint density at radius 2 is 1.10 bits per heavy atom. The molecule has 0 saturated carbocycles. The Kier molecular flexibility index (Phi) is 34.3. The number of carboxylic acid groups (broad SMARTS) is 1. The standard InChI is InChI=1S/C39H72NO9P/c1-3-5-7-9-11-13-15-17-18-19-20-22-24-26-28-30-32-46-33-36(34-47-50(44,45)48-35-37(40)39(42)43)49-38(41)31-29-27-25-23-21-16-14-12-10-8-6-4-2/h11-14,17-18,36-37H,3-10,15-16,19-35,40H2,1-2H3,(H,42,43)(H,44,45)/b13-11-,14-12-,18-17-. The van der Waals surface area contributed by atoms with Crippen LogP contribution in [0.2, 0.25) is 0 Å². The summed E-state index contributed by atoms with van der Waals surface area (Å²) in [4.78, 5) is 33.4. The Morgan fingerprint density at radius 3 is 1.64 bits per heavy atom. The van der Waals surface area contributed by atoms with Crippen LogP contribution in [0.5, 0.6) is 0 Å². The predicted octanol–water partition coefficient (Wildman–Crippen LogP) is 10.1. The maximum atomic E-state index is 12.5. The average molecular weight is 730 g/mol. The molecular weight excluding hydrogens is 657 g/mol. The number of nitrogens with two attached hydrogens (primary N) is 1. The molecule has 0 bridgehead atoms. The van der Waals surface area contributed by atoms with Crippen molar-refractivity contribution in [3.8, 4) is 0 Å². The summed E-state index contributed by atoms with van der Waals surface area (Å²) < 4.78 is 33.2. The monoisotopic (exact) mass is 729 g/mol. The van der Waals surface area contributed by atoms with Crippen LogP contribution in [0.1, 0.15) is 162 Å². The molecule has 3 unspecified atom stereocenters. The summed E-state index contributed by atoms with van der Waals surface area (Å²) in [7, 11) is -4.61. The van der Waals surface area contributed by atoms with Crippen LogP contribution in [-0.2, 0) is 32.7 Å². The molecule has 0 aromatic carbocycles. The fourth-order valence-corrected chi connectivity index (χ4v) is 5.82. The van der Waals surface area contributed by atoms with Crippen molar-refractivity contribution in [1.82, 2.24) is 0 Å². The highest BCUT2D eigenvalue weighted by atomic mass is 31.2. The second-order valence-corrected chi connectivity index (χ2v) is 14.5. The molecule has 0 aliphatic heterocycles. The lowest BCUT2D eigenvalue weighted by atomic mass is 10.1. The van der Waals surface area contributed by atoms with Crippen molar-refractivity contribution in [1.29, 1.82) is 0 Å². The summed E-state index contributed by atoms with van der Waals surface area (Å²) in [5.74, 6) is -1.79. The first kappa shape index (κ1) is 48.2. The normalized spacial score (nSPS) is 14.5. The van der Waals surface area contributed by atoms with Crippen LogP contribution in [-0.4, -0.2) is 60.5 Å². The number of aliphatic carboxylic acids is 1. The first-order valence-electron chi connectivity index (χ1n) is 19.5. The van der Waals surface area contributed by atoms with Gasteiger partial charge in [0.25, 0.3) is 0 Å².